The summed E-state index contributed by atoms with van der Waals surface area (Å²) >= 11 is 0. The largest absolute Gasteiger partial charge is 0.503 e. The fourth-order valence-corrected chi connectivity index (χ4v) is 3.96. The summed E-state index contributed by atoms with van der Waals surface area (Å²) in [6.45, 7) is 7.36. The van der Waals surface area contributed by atoms with Crippen LogP contribution in [0.3, 0.4) is 0 Å². The van der Waals surface area contributed by atoms with E-state index in [1.54, 1.807) is 17.0 Å². The number of ketones is 1. The minimum atomic E-state index is -0.655. The lowest BCUT2D eigenvalue weighted by Gasteiger charge is -2.28. The smallest absolute Gasteiger partial charge is 0.290 e. The first-order valence-electron chi connectivity index (χ1n) is 10.7. The molecule has 0 saturated heterocycles. The molecule has 31 heavy (non-hydrogen) atoms. The Labute approximate surface area is 183 Å². The monoisotopic (exact) mass is 425 g/mol. The van der Waals surface area contributed by atoms with E-state index in [0.717, 1.165) is 37.3 Å². The molecule has 1 aliphatic rings. The number of nitrogens with zero attached hydrogens (tertiary/aromatic N) is 3. The van der Waals surface area contributed by atoms with Gasteiger partial charge in [-0.05, 0) is 55.9 Å². The first-order chi connectivity index (χ1) is 14.9. The predicted molar refractivity (Wildman–Crippen MR) is 120 cm³/mol. The van der Waals surface area contributed by atoms with Gasteiger partial charge in [-0.15, -0.1) is 0 Å². The second kappa shape index (κ2) is 9.83. The summed E-state index contributed by atoms with van der Waals surface area (Å²) in [6, 6.07) is 10.2. The molecule has 1 N–H and O–H groups in total. The lowest BCUT2D eigenvalue weighted by molar-refractivity contribution is -0.129. The third-order valence-corrected chi connectivity index (χ3v) is 5.79. The van der Waals surface area contributed by atoms with Gasteiger partial charge in [0.05, 0.1) is 17.9 Å². The van der Waals surface area contributed by atoms with Gasteiger partial charge in [-0.3, -0.25) is 9.59 Å². The Morgan fingerprint density at radius 1 is 1.13 bits per heavy atom. The maximum absolute atomic E-state index is 13.1. The number of Topliss-reactive ketones (excluding diaryl/α,β-unsaturated/α-hetero) is 1. The van der Waals surface area contributed by atoms with Crippen molar-refractivity contribution in [1.82, 2.24) is 9.80 Å². The lowest BCUT2D eigenvalue weighted by Crippen LogP contribution is -2.34. The highest BCUT2D eigenvalue weighted by molar-refractivity contribution is 6.15. The third-order valence-electron chi connectivity index (χ3n) is 5.79. The third kappa shape index (κ3) is 4.66. The summed E-state index contributed by atoms with van der Waals surface area (Å²) < 4.78 is 5.27. The van der Waals surface area contributed by atoms with E-state index >= 15 is 0 Å². The molecular formula is C24H31N3O4. The second-order valence-corrected chi connectivity index (χ2v) is 7.84. The average molecular weight is 426 g/mol. The van der Waals surface area contributed by atoms with Crippen LogP contribution in [0.2, 0.25) is 0 Å². The van der Waals surface area contributed by atoms with Gasteiger partial charge in [0.2, 0.25) is 5.78 Å². The van der Waals surface area contributed by atoms with Crippen molar-refractivity contribution in [3.63, 3.8) is 0 Å². The number of hydrogen-bond donors (Lipinski definition) is 1. The summed E-state index contributed by atoms with van der Waals surface area (Å²) in [5.41, 5.74) is 1.86. The van der Waals surface area contributed by atoms with Gasteiger partial charge in [-0.25, -0.2) is 0 Å². The van der Waals surface area contributed by atoms with Gasteiger partial charge in [-0.2, -0.15) is 0 Å². The molecule has 1 atom stereocenters. The molecule has 1 amide bonds. The highest BCUT2D eigenvalue weighted by Crippen LogP contribution is 2.39. The number of hydrogen-bond acceptors (Lipinski definition) is 6. The molecule has 0 aliphatic carbocycles. The molecule has 2 aromatic rings. The number of benzene rings is 1. The second-order valence-electron chi connectivity index (χ2n) is 7.84. The molecule has 3 rings (SSSR count). The summed E-state index contributed by atoms with van der Waals surface area (Å²) in [4.78, 5) is 32.0. The first-order valence-corrected chi connectivity index (χ1v) is 10.7. The molecule has 1 unspecified atom stereocenters. The van der Waals surface area contributed by atoms with Crippen LogP contribution < -0.4 is 4.90 Å². The zero-order chi connectivity index (χ0) is 22.5. The Hall–Kier alpha value is -3.06. The van der Waals surface area contributed by atoms with Gasteiger partial charge in [0.1, 0.15) is 0 Å². The number of furan rings is 1. The molecule has 0 fully saturated rings. The number of anilines is 1. The van der Waals surface area contributed by atoms with Crippen LogP contribution >= 0.6 is 0 Å². The number of rotatable bonds is 10. The van der Waals surface area contributed by atoms with E-state index in [-0.39, 0.29) is 11.3 Å². The van der Waals surface area contributed by atoms with Crippen LogP contribution in [0.1, 0.15) is 42.4 Å². The van der Waals surface area contributed by atoms with E-state index in [1.807, 2.05) is 43.3 Å². The van der Waals surface area contributed by atoms with E-state index < -0.39 is 23.5 Å². The Morgan fingerprint density at radius 3 is 2.35 bits per heavy atom. The summed E-state index contributed by atoms with van der Waals surface area (Å²) in [5, 5.41) is 10.7. The molecule has 1 aliphatic heterocycles. The van der Waals surface area contributed by atoms with Crippen LogP contribution in [-0.4, -0.2) is 66.9 Å². The van der Waals surface area contributed by atoms with E-state index in [1.165, 1.54) is 6.26 Å². The van der Waals surface area contributed by atoms with Crippen molar-refractivity contribution < 1.29 is 19.1 Å². The SMILES string of the molecule is CCN(CC)CCCN1C(=O)C(O)=C(C(=O)c2ccco2)C1c1ccc(N(C)C)cc1. The van der Waals surface area contributed by atoms with Crippen LogP contribution in [-0.2, 0) is 4.79 Å². The van der Waals surface area contributed by atoms with Gasteiger partial charge in [0.25, 0.3) is 5.91 Å². The van der Waals surface area contributed by atoms with Crippen molar-refractivity contribution >= 4 is 17.4 Å². The van der Waals surface area contributed by atoms with Crippen LogP contribution in [0, 0.1) is 0 Å². The summed E-state index contributed by atoms with van der Waals surface area (Å²) in [6.07, 6.45) is 2.15. The molecule has 0 radical (unpaired) electrons. The van der Waals surface area contributed by atoms with E-state index in [0.29, 0.717) is 6.54 Å². The van der Waals surface area contributed by atoms with Crippen molar-refractivity contribution in [2.75, 3.05) is 45.2 Å². The molecule has 7 heteroatoms. The van der Waals surface area contributed by atoms with Crippen molar-refractivity contribution in [1.29, 1.82) is 0 Å². The minimum Gasteiger partial charge on any atom is -0.503 e. The maximum Gasteiger partial charge on any atom is 0.290 e. The van der Waals surface area contributed by atoms with Gasteiger partial charge in [0, 0.05) is 26.3 Å². The van der Waals surface area contributed by atoms with Crippen LogP contribution in [0.4, 0.5) is 5.69 Å². The standard InChI is InChI=1S/C24H31N3O4/c1-5-26(6-2)14-8-15-27-21(17-10-12-18(13-11-17)25(3)4)20(23(29)24(27)30)22(28)19-9-7-16-31-19/h7,9-13,16,21,29H,5-6,8,14-15H2,1-4H3. The topological polar surface area (TPSA) is 77.2 Å². The molecule has 7 nitrogen and oxygen atoms in total. The zero-order valence-corrected chi connectivity index (χ0v) is 18.7. The minimum absolute atomic E-state index is 0.0698. The van der Waals surface area contributed by atoms with Gasteiger partial charge < -0.3 is 24.2 Å². The molecule has 1 aromatic carbocycles. The molecule has 0 spiro atoms. The maximum atomic E-state index is 13.1. The summed E-state index contributed by atoms with van der Waals surface area (Å²) in [7, 11) is 3.90. The Kier molecular flexibility index (Phi) is 7.17. The quantitative estimate of drug-likeness (QED) is 0.586. The van der Waals surface area contributed by atoms with Crippen LogP contribution in [0.25, 0.3) is 0 Å². The zero-order valence-electron chi connectivity index (χ0n) is 18.7. The number of aliphatic hydroxyl groups excluding tert-OH is 1. The van der Waals surface area contributed by atoms with Crippen molar-refractivity contribution in [2.24, 2.45) is 0 Å². The van der Waals surface area contributed by atoms with Crippen LogP contribution in [0.15, 0.2) is 58.4 Å². The highest BCUT2D eigenvalue weighted by Gasteiger charge is 2.44. The van der Waals surface area contributed by atoms with Crippen molar-refractivity contribution in [2.45, 2.75) is 26.3 Å². The van der Waals surface area contributed by atoms with E-state index in [2.05, 4.69) is 18.7 Å². The molecular weight excluding hydrogens is 394 g/mol. The fraction of sp³-hybridized carbons (Fsp3) is 0.417. The molecule has 2 heterocycles. The normalized spacial score (nSPS) is 16.5. The average Bonchev–Trinajstić information content (AvgIpc) is 3.39. The van der Waals surface area contributed by atoms with Crippen molar-refractivity contribution in [3.8, 4) is 0 Å². The van der Waals surface area contributed by atoms with Crippen LogP contribution in [0.5, 0.6) is 0 Å². The van der Waals surface area contributed by atoms with E-state index in [9.17, 15) is 14.7 Å². The first kappa shape index (κ1) is 22.6. The number of carbonyl (C=O) groups excluding carboxylic acids is 2. The summed E-state index contributed by atoms with van der Waals surface area (Å²) in [5.74, 6) is -1.37. The highest BCUT2D eigenvalue weighted by atomic mass is 16.3. The van der Waals surface area contributed by atoms with Gasteiger partial charge in [0.15, 0.2) is 11.5 Å². The molecule has 0 bridgehead atoms. The Bertz CT molecular complexity index is 928. The van der Waals surface area contributed by atoms with Gasteiger partial charge in [-0.1, -0.05) is 26.0 Å². The molecule has 1 aromatic heterocycles. The lowest BCUT2D eigenvalue weighted by atomic mass is 9.94. The number of amides is 1. The Morgan fingerprint density at radius 2 is 1.81 bits per heavy atom. The van der Waals surface area contributed by atoms with E-state index in [4.69, 9.17) is 4.42 Å². The Balaban J connectivity index is 1.94. The molecule has 166 valence electrons. The molecule has 0 saturated carbocycles. The fourth-order valence-electron chi connectivity index (χ4n) is 3.96. The van der Waals surface area contributed by atoms with Crippen molar-refractivity contribution in [3.05, 3.63) is 65.3 Å². The predicted octanol–water partition coefficient (Wildman–Crippen LogP) is 3.66. The van der Waals surface area contributed by atoms with Gasteiger partial charge >= 0.3 is 0 Å². The number of aliphatic hydroxyl groups is 1. The number of carbonyl (C=O) groups is 2.